The fourth-order valence-corrected chi connectivity index (χ4v) is 3.70. The number of anilines is 2. The summed E-state index contributed by atoms with van der Waals surface area (Å²) in [7, 11) is 1.66. The van der Waals surface area contributed by atoms with E-state index in [-0.39, 0.29) is 36.0 Å². The highest BCUT2D eigenvalue weighted by molar-refractivity contribution is 5.91. The molecule has 4 aromatic rings. The van der Waals surface area contributed by atoms with E-state index in [9.17, 15) is 14.4 Å². The highest BCUT2D eigenvalue weighted by atomic mass is 16.6. The maximum Gasteiger partial charge on any atom is 0.413 e. The van der Waals surface area contributed by atoms with E-state index in [1.165, 1.54) is 10.9 Å². The Morgan fingerprint density at radius 1 is 1.15 bits per heavy atom. The summed E-state index contributed by atoms with van der Waals surface area (Å²) in [4.78, 5) is 40.7. The van der Waals surface area contributed by atoms with Crippen LogP contribution in [0.15, 0.2) is 39.8 Å². The second kappa shape index (κ2) is 11.8. The topological polar surface area (TPSA) is 182 Å². The Morgan fingerprint density at radius 2 is 1.92 bits per heavy atom. The number of carbonyl (C=O) groups is 2. The van der Waals surface area contributed by atoms with E-state index in [1.807, 2.05) is 12.1 Å². The van der Waals surface area contributed by atoms with Crippen molar-refractivity contribution in [3.63, 3.8) is 0 Å². The number of aromatic amines is 1. The molecule has 1 aromatic carbocycles. The van der Waals surface area contributed by atoms with Crippen LogP contribution in [0.4, 0.5) is 16.4 Å². The van der Waals surface area contributed by atoms with Gasteiger partial charge in [0.25, 0.3) is 5.56 Å². The number of benzene rings is 1. The molecule has 39 heavy (non-hydrogen) atoms. The Hall–Kier alpha value is -4.75. The first kappa shape index (κ1) is 27.3. The number of aryl methyl sites for hydroxylation is 2. The fourth-order valence-electron chi connectivity index (χ4n) is 3.70. The molecule has 0 aliphatic rings. The number of nitrogens with zero attached hydrogens (tertiary/aromatic N) is 5. The lowest BCUT2D eigenvalue weighted by atomic mass is 10.2. The van der Waals surface area contributed by atoms with Crippen LogP contribution >= 0.6 is 0 Å². The number of amides is 2. The Balaban J connectivity index is 1.22. The van der Waals surface area contributed by atoms with Crippen molar-refractivity contribution in [3.8, 4) is 11.4 Å². The molecule has 2 amide bonds. The predicted molar refractivity (Wildman–Crippen MR) is 143 cm³/mol. The van der Waals surface area contributed by atoms with E-state index in [1.54, 1.807) is 40.0 Å². The van der Waals surface area contributed by atoms with Crippen LogP contribution in [0.3, 0.4) is 0 Å². The van der Waals surface area contributed by atoms with Gasteiger partial charge in [-0.3, -0.25) is 19.6 Å². The van der Waals surface area contributed by atoms with Crippen LogP contribution in [0.5, 0.6) is 0 Å². The quantitative estimate of drug-likeness (QED) is 0.219. The van der Waals surface area contributed by atoms with Gasteiger partial charge in [0, 0.05) is 38.4 Å². The van der Waals surface area contributed by atoms with Crippen molar-refractivity contribution in [2.45, 2.75) is 45.6 Å². The Kier molecular flexibility index (Phi) is 8.22. The van der Waals surface area contributed by atoms with Gasteiger partial charge in [0.2, 0.25) is 17.6 Å². The first-order valence-corrected chi connectivity index (χ1v) is 12.4. The Labute approximate surface area is 223 Å². The van der Waals surface area contributed by atoms with Crippen molar-refractivity contribution in [1.29, 1.82) is 0 Å². The molecule has 14 heteroatoms. The number of ether oxygens (including phenoxy) is 1. The summed E-state index contributed by atoms with van der Waals surface area (Å²) >= 11 is 0. The number of hydrogen-bond acceptors (Lipinski definition) is 10. The van der Waals surface area contributed by atoms with Crippen molar-refractivity contribution in [3.05, 3.63) is 46.7 Å². The van der Waals surface area contributed by atoms with Gasteiger partial charge in [0.05, 0.1) is 17.1 Å². The first-order valence-electron chi connectivity index (χ1n) is 12.4. The van der Waals surface area contributed by atoms with Crippen LogP contribution in [0.2, 0.25) is 0 Å². The molecule has 0 aliphatic carbocycles. The maximum atomic E-state index is 12.3. The molecule has 0 aliphatic heterocycles. The molecule has 0 fully saturated rings. The summed E-state index contributed by atoms with van der Waals surface area (Å²) in [5, 5.41) is 24.7. The number of fused-ring (bicyclic) bond motifs is 1. The molecule has 4 N–H and O–H groups in total. The van der Waals surface area contributed by atoms with E-state index in [4.69, 9.17) is 9.26 Å². The van der Waals surface area contributed by atoms with Crippen molar-refractivity contribution < 1.29 is 18.8 Å². The molecular formula is C25H31N9O5. The molecule has 0 bridgehead atoms. The largest absolute Gasteiger partial charge is 0.444 e. The van der Waals surface area contributed by atoms with E-state index in [0.717, 1.165) is 5.39 Å². The number of carbonyl (C=O) groups excluding carboxylic acids is 2. The molecule has 0 radical (unpaired) electrons. The van der Waals surface area contributed by atoms with Gasteiger partial charge in [-0.25, -0.2) is 9.89 Å². The third kappa shape index (κ3) is 7.18. The molecule has 3 aromatic heterocycles. The maximum absolute atomic E-state index is 12.3. The molecule has 206 valence electrons. The van der Waals surface area contributed by atoms with Crippen LogP contribution in [0.1, 0.15) is 39.5 Å². The number of aromatic nitrogens is 6. The summed E-state index contributed by atoms with van der Waals surface area (Å²) in [6.07, 6.45) is 1.94. The van der Waals surface area contributed by atoms with Crippen molar-refractivity contribution in [2.24, 2.45) is 7.05 Å². The van der Waals surface area contributed by atoms with Crippen LogP contribution in [0.25, 0.3) is 22.2 Å². The van der Waals surface area contributed by atoms with Crippen molar-refractivity contribution >= 4 is 34.4 Å². The minimum Gasteiger partial charge on any atom is -0.444 e. The van der Waals surface area contributed by atoms with Crippen LogP contribution < -0.4 is 21.5 Å². The third-order valence-electron chi connectivity index (χ3n) is 5.50. The third-order valence-corrected chi connectivity index (χ3v) is 5.50. The molecule has 0 spiro atoms. The summed E-state index contributed by atoms with van der Waals surface area (Å²) in [6, 6.07) is 7.21. The molecule has 3 heterocycles. The molecular weight excluding hydrogens is 506 g/mol. The Bertz CT molecular complexity index is 1520. The van der Waals surface area contributed by atoms with Gasteiger partial charge in [-0.05, 0) is 33.3 Å². The SMILES string of the molecule is Cn1ncc(-c2noc(CCC(=O)NCCCNc3n[nH]c(=O)c4ccccc34)n2)c1NC(=O)OC(C)(C)C. The summed E-state index contributed by atoms with van der Waals surface area (Å²) in [5.41, 5.74) is -0.440. The molecule has 0 atom stereocenters. The minimum atomic E-state index is -0.658. The lowest BCUT2D eigenvalue weighted by Crippen LogP contribution is -2.28. The van der Waals surface area contributed by atoms with Crippen molar-refractivity contribution in [1.82, 2.24) is 35.4 Å². The van der Waals surface area contributed by atoms with E-state index >= 15 is 0 Å². The van der Waals surface area contributed by atoms with E-state index < -0.39 is 11.7 Å². The second-order valence-corrected chi connectivity index (χ2v) is 9.75. The highest BCUT2D eigenvalue weighted by Gasteiger charge is 2.22. The number of nitrogens with one attached hydrogen (secondary N) is 4. The minimum absolute atomic E-state index is 0.156. The zero-order valence-corrected chi connectivity index (χ0v) is 22.2. The lowest BCUT2D eigenvalue weighted by molar-refractivity contribution is -0.121. The van der Waals surface area contributed by atoms with E-state index in [0.29, 0.717) is 42.1 Å². The number of hydrogen-bond donors (Lipinski definition) is 4. The normalized spacial score (nSPS) is 11.4. The molecule has 14 nitrogen and oxygen atoms in total. The van der Waals surface area contributed by atoms with Gasteiger partial charge in [-0.15, -0.1) is 0 Å². The number of H-pyrrole nitrogens is 1. The van der Waals surface area contributed by atoms with Gasteiger partial charge in [-0.1, -0.05) is 23.4 Å². The van der Waals surface area contributed by atoms with Gasteiger partial charge in [0.15, 0.2) is 5.82 Å². The smallest absolute Gasteiger partial charge is 0.413 e. The average molecular weight is 538 g/mol. The predicted octanol–water partition coefficient (Wildman–Crippen LogP) is 2.60. The number of rotatable bonds is 10. The summed E-state index contributed by atoms with van der Waals surface area (Å²) in [6.45, 7) is 6.31. The average Bonchev–Trinajstić information content (AvgIpc) is 3.49. The zero-order chi connectivity index (χ0) is 28.0. The Morgan fingerprint density at radius 3 is 2.69 bits per heavy atom. The molecule has 0 saturated carbocycles. The summed E-state index contributed by atoms with van der Waals surface area (Å²) < 4.78 is 12.1. The summed E-state index contributed by atoms with van der Waals surface area (Å²) in [5.74, 6) is 1.30. The standard InChI is InChI=1S/C25H31N9O5/c1-25(2,3)38-24(37)30-22-17(14-28-34(22)4)21-29-19(39-33-21)11-10-18(35)26-12-7-13-27-20-15-8-5-6-9-16(15)23(36)32-31-20/h5-6,8-9,14H,7,10-13H2,1-4H3,(H,26,35)(H,27,31)(H,30,37)(H,32,36). The zero-order valence-electron chi connectivity index (χ0n) is 22.2. The van der Waals surface area contributed by atoms with Gasteiger partial charge < -0.3 is 19.9 Å². The first-order chi connectivity index (χ1) is 18.6. The van der Waals surface area contributed by atoms with Crippen molar-refractivity contribution in [2.75, 3.05) is 23.7 Å². The molecule has 0 saturated heterocycles. The van der Waals surface area contributed by atoms with Gasteiger partial charge >= 0.3 is 6.09 Å². The van der Waals surface area contributed by atoms with E-state index in [2.05, 4.69) is 41.4 Å². The molecule has 4 rings (SSSR count). The monoisotopic (exact) mass is 537 g/mol. The van der Waals surface area contributed by atoms with Crippen LogP contribution in [0, 0.1) is 0 Å². The van der Waals surface area contributed by atoms with Gasteiger partial charge in [0.1, 0.15) is 11.4 Å². The lowest BCUT2D eigenvalue weighted by Gasteiger charge is -2.19. The highest BCUT2D eigenvalue weighted by Crippen LogP contribution is 2.26. The van der Waals surface area contributed by atoms with Crippen LogP contribution in [-0.2, 0) is 23.0 Å². The van der Waals surface area contributed by atoms with Gasteiger partial charge in [-0.2, -0.15) is 15.2 Å². The molecule has 0 unspecified atom stereocenters. The van der Waals surface area contributed by atoms with Crippen LogP contribution in [-0.4, -0.2) is 60.8 Å². The fraction of sp³-hybridized carbons (Fsp3) is 0.400. The second-order valence-electron chi connectivity index (χ2n) is 9.75.